The number of carbonyl (C=O) groups excluding carboxylic acids is 1. The van der Waals surface area contributed by atoms with E-state index in [1.807, 2.05) is 55.6 Å². The van der Waals surface area contributed by atoms with Gasteiger partial charge in [-0.15, -0.1) is 0 Å². The first-order valence-electron chi connectivity index (χ1n) is 13.3. The molecule has 0 aromatic heterocycles. The first-order chi connectivity index (χ1) is 17.4. The highest BCUT2D eigenvalue weighted by Crippen LogP contribution is 2.31. The average molecular weight is 512 g/mol. The van der Waals surface area contributed by atoms with E-state index in [1.165, 1.54) is 32.1 Å². The van der Waals surface area contributed by atoms with Crippen molar-refractivity contribution < 1.29 is 19.4 Å². The van der Waals surface area contributed by atoms with Crippen LogP contribution in [0.5, 0.6) is 0 Å². The Hall–Kier alpha value is -2.31. The quantitative estimate of drug-likeness (QED) is 0.307. The van der Waals surface area contributed by atoms with Gasteiger partial charge in [0.1, 0.15) is 6.04 Å². The molecule has 0 heterocycles. The van der Waals surface area contributed by atoms with Gasteiger partial charge in [0.2, 0.25) is 0 Å². The maximum Gasteiger partial charge on any atom is 0.326 e. The number of aryl methyl sites for hydroxylation is 1. The maximum atomic E-state index is 13.3. The van der Waals surface area contributed by atoms with Crippen molar-refractivity contribution >= 4 is 23.6 Å². The second-order valence-corrected chi connectivity index (χ2v) is 10.9. The fourth-order valence-electron chi connectivity index (χ4n) is 5.07. The molecule has 2 atom stereocenters. The number of carboxylic acids is 1. The van der Waals surface area contributed by atoms with Crippen LogP contribution in [0.1, 0.15) is 79.8 Å². The minimum atomic E-state index is -1.01. The van der Waals surface area contributed by atoms with Gasteiger partial charge in [0.05, 0.1) is 12.7 Å². The molecule has 196 valence electrons. The van der Waals surface area contributed by atoms with E-state index in [9.17, 15) is 14.7 Å². The third-order valence-corrected chi connectivity index (χ3v) is 7.88. The van der Waals surface area contributed by atoms with Gasteiger partial charge >= 0.3 is 5.97 Å². The highest BCUT2D eigenvalue weighted by atomic mass is 32.2. The molecule has 1 aliphatic rings. The molecule has 0 bridgehead atoms. The van der Waals surface area contributed by atoms with Crippen molar-refractivity contribution in [3.63, 3.8) is 0 Å². The molecule has 1 amide bonds. The molecule has 5 nitrogen and oxygen atoms in total. The Labute approximate surface area is 220 Å². The second kappa shape index (κ2) is 14.4. The molecule has 2 N–H and O–H groups in total. The fraction of sp³-hybridized carbons (Fsp3) is 0.533. The summed E-state index contributed by atoms with van der Waals surface area (Å²) in [6.45, 7) is 4.71. The van der Waals surface area contributed by atoms with Gasteiger partial charge in [0, 0.05) is 5.56 Å². The standard InChI is InChI=1S/C30H41NO4S/c1-4-24(18-22-11-6-5-7-12-22)35-20-23-14-15-26(27(19-23)25-13-9-8-10-21(25)2)29(32)31-28(30(33)34)16-17-36-3/h8-10,13-15,19,22,24,28H,4-7,11-12,16-18,20H2,1-3H3,(H,31,32)(H,33,34)/t24-,28+/m1/s1. The highest BCUT2D eigenvalue weighted by molar-refractivity contribution is 7.98. The normalized spacial score (nSPS) is 15.9. The zero-order chi connectivity index (χ0) is 25.9. The van der Waals surface area contributed by atoms with Gasteiger partial charge in [0.15, 0.2) is 0 Å². The van der Waals surface area contributed by atoms with Crippen LogP contribution >= 0.6 is 11.8 Å². The fourth-order valence-corrected chi connectivity index (χ4v) is 5.54. The number of benzene rings is 2. The van der Waals surface area contributed by atoms with Crippen molar-refractivity contribution in [3.8, 4) is 11.1 Å². The van der Waals surface area contributed by atoms with Crippen LogP contribution in [0, 0.1) is 12.8 Å². The van der Waals surface area contributed by atoms with Gasteiger partial charge in [0.25, 0.3) is 5.91 Å². The van der Waals surface area contributed by atoms with Crippen LogP contribution < -0.4 is 5.32 Å². The van der Waals surface area contributed by atoms with E-state index in [1.54, 1.807) is 11.8 Å². The van der Waals surface area contributed by atoms with Gasteiger partial charge in [-0.3, -0.25) is 4.79 Å². The van der Waals surface area contributed by atoms with Gasteiger partial charge in [-0.05, 0) is 78.5 Å². The van der Waals surface area contributed by atoms with Crippen molar-refractivity contribution in [2.45, 2.75) is 84.0 Å². The second-order valence-electron chi connectivity index (χ2n) is 9.92. The predicted octanol–water partition coefficient (Wildman–Crippen LogP) is 6.86. The highest BCUT2D eigenvalue weighted by Gasteiger charge is 2.23. The van der Waals surface area contributed by atoms with Gasteiger partial charge in [-0.1, -0.05) is 69.4 Å². The minimum absolute atomic E-state index is 0.241. The summed E-state index contributed by atoms with van der Waals surface area (Å²) in [5, 5.41) is 12.3. The van der Waals surface area contributed by atoms with Crippen LogP contribution in [0.15, 0.2) is 42.5 Å². The van der Waals surface area contributed by atoms with Crippen LogP contribution in [0.4, 0.5) is 0 Å². The number of aliphatic carboxylic acids is 1. The van der Waals surface area contributed by atoms with E-state index in [0.29, 0.717) is 24.3 Å². The van der Waals surface area contributed by atoms with Crippen molar-refractivity contribution in [2.24, 2.45) is 5.92 Å². The monoisotopic (exact) mass is 511 g/mol. The Balaban J connectivity index is 1.81. The molecule has 2 aromatic rings. The number of hydrogen-bond acceptors (Lipinski definition) is 4. The molecule has 2 aromatic carbocycles. The Morgan fingerprint density at radius 2 is 1.86 bits per heavy atom. The average Bonchev–Trinajstić information content (AvgIpc) is 2.89. The number of thioether (sulfide) groups is 1. The molecule has 0 radical (unpaired) electrons. The van der Waals surface area contributed by atoms with E-state index in [4.69, 9.17) is 4.74 Å². The van der Waals surface area contributed by atoms with Gasteiger partial charge in [-0.25, -0.2) is 4.79 Å². The minimum Gasteiger partial charge on any atom is -0.480 e. The van der Waals surface area contributed by atoms with Crippen LogP contribution in [0.25, 0.3) is 11.1 Å². The summed E-state index contributed by atoms with van der Waals surface area (Å²) in [7, 11) is 0. The molecule has 1 aliphatic carbocycles. The van der Waals surface area contributed by atoms with Crippen LogP contribution in [-0.4, -0.2) is 41.1 Å². The smallest absolute Gasteiger partial charge is 0.326 e. The van der Waals surface area contributed by atoms with Gasteiger partial charge in [-0.2, -0.15) is 11.8 Å². The zero-order valence-electron chi connectivity index (χ0n) is 21.9. The summed E-state index contributed by atoms with van der Waals surface area (Å²) in [5.74, 6) is 0.0597. The SMILES string of the molecule is CC[C@H](CC1CCCCC1)OCc1ccc(C(=O)N[C@@H](CCSC)C(=O)O)c(-c2ccccc2C)c1. The summed E-state index contributed by atoms with van der Waals surface area (Å²) in [5.41, 5.74) is 4.34. The van der Waals surface area contributed by atoms with E-state index >= 15 is 0 Å². The van der Waals surface area contributed by atoms with Crippen LogP contribution in [0.2, 0.25) is 0 Å². The number of ether oxygens (including phenoxy) is 1. The van der Waals surface area contributed by atoms with Crippen molar-refractivity contribution in [2.75, 3.05) is 12.0 Å². The van der Waals surface area contributed by atoms with E-state index < -0.39 is 12.0 Å². The Morgan fingerprint density at radius 3 is 2.53 bits per heavy atom. The molecule has 0 unspecified atom stereocenters. The number of carbonyl (C=O) groups is 2. The molecular weight excluding hydrogens is 470 g/mol. The summed E-state index contributed by atoms with van der Waals surface area (Å²) in [6, 6.07) is 12.8. The third kappa shape index (κ3) is 8.10. The summed E-state index contributed by atoms with van der Waals surface area (Å²) in [6.07, 6.45) is 11.3. The van der Waals surface area contributed by atoms with Crippen molar-refractivity contribution in [1.29, 1.82) is 0 Å². The first kappa shape index (κ1) is 28.3. The summed E-state index contributed by atoms with van der Waals surface area (Å²) < 4.78 is 6.36. The third-order valence-electron chi connectivity index (χ3n) is 7.24. The lowest BCUT2D eigenvalue weighted by Gasteiger charge is -2.26. The Morgan fingerprint density at radius 1 is 1.11 bits per heavy atom. The molecule has 1 fully saturated rings. The lowest BCUT2D eigenvalue weighted by Crippen LogP contribution is -2.41. The molecule has 6 heteroatoms. The predicted molar refractivity (Wildman–Crippen MR) is 149 cm³/mol. The Kier molecular flexibility index (Phi) is 11.3. The lowest BCUT2D eigenvalue weighted by atomic mass is 9.85. The molecule has 0 saturated heterocycles. The van der Waals surface area contributed by atoms with E-state index in [2.05, 4.69) is 12.2 Å². The number of nitrogens with one attached hydrogen (secondary N) is 1. The summed E-state index contributed by atoms with van der Waals surface area (Å²) >= 11 is 1.57. The van der Waals surface area contributed by atoms with Crippen molar-refractivity contribution in [3.05, 3.63) is 59.2 Å². The molecule has 1 saturated carbocycles. The van der Waals surface area contributed by atoms with Crippen LogP contribution in [-0.2, 0) is 16.1 Å². The maximum absolute atomic E-state index is 13.3. The molecule has 36 heavy (non-hydrogen) atoms. The number of rotatable bonds is 13. The zero-order valence-corrected chi connectivity index (χ0v) is 22.7. The van der Waals surface area contributed by atoms with Crippen molar-refractivity contribution in [1.82, 2.24) is 5.32 Å². The van der Waals surface area contributed by atoms with Crippen LogP contribution in [0.3, 0.4) is 0 Å². The lowest BCUT2D eigenvalue weighted by molar-refractivity contribution is -0.139. The van der Waals surface area contributed by atoms with E-state index in [-0.39, 0.29) is 12.0 Å². The molecule has 0 aliphatic heterocycles. The first-order valence-corrected chi connectivity index (χ1v) is 14.6. The largest absolute Gasteiger partial charge is 0.480 e. The Bertz CT molecular complexity index is 1000. The number of hydrogen-bond donors (Lipinski definition) is 2. The number of carboxylic acid groups (broad SMARTS) is 1. The molecule has 0 spiro atoms. The number of amides is 1. The molecule has 3 rings (SSSR count). The van der Waals surface area contributed by atoms with E-state index in [0.717, 1.165) is 41.0 Å². The van der Waals surface area contributed by atoms with Gasteiger partial charge < -0.3 is 15.2 Å². The topological polar surface area (TPSA) is 75.6 Å². The summed E-state index contributed by atoms with van der Waals surface area (Å²) in [4.78, 5) is 25.0. The molecular formula is C30H41NO4S.